The van der Waals surface area contributed by atoms with Crippen LogP contribution >= 0.6 is 0 Å². The van der Waals surface area contributed by atoms with Gasteiger partial charge in [-0.15, -0.1) is 0 Å². The number of fused-ring (bicyclic) bond motifs is 7. The summed E-state index contributed by atoms with van der Waals surface area (Å²) in [4.78, 5) is 0. The van der Waals surface area contributed by atoms with Crippen LogP contribution in [0, 0.1) is 0 Å². The van der Waals surface area contributed by atoms with Gasteiger partial charge in [0.15, 0.2) is 0 Å². The minimum Gasteiger partial charge on any atom is -0.456 e. The predicted octanol–water partition coefficient (Wildman–Crippen LogP) is 13.2. The molecule has 10 aromatic rings. The van der Waals surface area contributed by atoms with Crippen molar-refractivity contribution in [3.8, 4) is 33.4 Å². The van der Waals surface area contributed by atoms with Crippen molar-refractivity contribution in [2.75, 3.05) is 0 Å². The summed E-state index contributed by atoms with van der Waals surface area (Å²) in [6.07, 6.45) is 0. The van der Waals surface area contributed by atoms with Crippen LogP contribution in [-0.4, -0.2) is 0 Å². The minimum atomic E-state index is -1.01. The SMILES string of the molecule is [2H]c1c([2H])c([2H])c(-c2cc3c([2H])c([2H])c([2H])c([2H])c3c(-c3c4c([2H])c([2H])c([2H])c([2H])c4c(-c4c([2H])c([2H])c([2H])c5oc6c([2H])c7c([2H])c([2H])c([2H])c([2H])c7c([2H])c6c45)c4c([2H])c([2H])c([2H])c([2H])c34)c2[2H])c([2H])c1[2H]. The van der Waals surface area contributed by atoms with Crippen molar-refractivity contribution in [1.82, 2.24) is 0 Å². The Morgan fingerprint density at radius 1 is 0.362 bits per heavy atom. The molecule has 0 unspecified atom stereocenters. The predicted molar refractivity (Wildman–Crippen MR) is 200 cm³/mol. The first kappa shape index (κ1) is 11.0. The molecule has 1 aromatic heterocycles. The largest absolute Gasteiger partial charge is 0.456 e. The van der Waals surface area contributed by atoms with Gasteiger partial charge in [-0.1, -0.05) is 139 Å². The normalized spacial score (nSPS) is 19.9. The smallest absolute Gasteiger partial charge is 0.136 e. The quantitative estimate of drug-likeness (QED) is 0.178. The lowest BCUT2D eigenvalue weighted by molar-refractivity contribution is 0.669. The van der Waals surface area contributed by atoms with E-state index in [1.54, 1.807) is 0 Å². The molecule has 0 atom stereocenters. The van der Waals surface area contributed by atoms with Crippen molar-refractivity contribution < 1.29 is 41.4 Å². The van der Waals surface area contributed by atoms with E-state index in [4.69, 9.17) is 29.1 Å². The van der Waals surface area contributed by atoms with Gasteiger partial charge in [0.1, 0.15) is 11.2 Å². The fourth-order valence-corrected chi connectivity index (χ4v) is 5.94. The zero-order chi connectivity index (χ0) is 54.4. The summed E-state index contributed by atoms with van der Waals surface area (Å²) >= 11 is 0. The maximum atomic E-state index is 9.97. The lowest BCUT2D eigenvalue weighted by atomic mass is 9.83. The first-order valence-electron chi connectivity index (χ1n) is 27.5. The van der Waals surface area contributed by atoms with Crippen LogP contribution in [0.5, 0.6) is 0 Å². The van der Waals surface area contributed by atoms with Crippen molar-refractivity contribution >= 4 is 65.0 Å². The standard InChI is InChI=1S/C46H28O/c1-2-13-29(14-3-1)33-25-32-17-6-7-18-34(32)40(27-33)45-37-21-10-8-19-35(37)44(36-20-9-11-22-38(36)45)39-23-12-24-42-46(39)41-26-30-15-4-5-16-31(30)28-43(41)47-42/h1-28H/i1D,2D,3D,4D,5D,6D,7D,8D,9D,10D,11D,12D,13D,14D,15D,16D,17D,18D,19D,20D,21D,22D,23D,24D,26D,27D,28D. The van der Waals surface area contributed by atoms with E-state index in [2.05, 4.69) is 0 Å². The number of rotatable bonds is 3. The summed E-state index contributed by atoms with van der Waals surface area (Å²) in [7, 11) is 0. The number of furan rings is 1. The molecule has 47 heavy (non-hydrogen) atoms. The van der Waals surface area contributed by atoms with Crippen molar-refractivity contribution in [3.05, 3.63) is 169 Å². The molecule has 0 aliphatic heterocycles. The lowest BCUT2D eigenvalue weighted by Crippen LogP contribution is -1.93. The molecule has 0 N–H and O–H groups in total. The van der Waals surface area contributed by atoms with Crippen LogP contribution in [0.25, 0.3) is 98.4 Å². The molecule has 1 heteroatoms. The molecule has 0 bridgehead atoms. The third-order valence-corrected chi connectivity index (χ3v) is 7.86. The van der Waals surface area contributed by atoms with Crippen LogP contribution in [0.15, 0.2) is 174 Å². The van der Waals surface area contributed by atoms with E-state index >= 15 is 0 Å². The molecule has 218 valence electrons. The molecular weight excluding hydrogens is 569 g/mol. The number of benzene rings is 9. The van der Waals surface area contributed by atoms with Gasteiger partial charge >= 0.3 is 0 Å². The summed E-state index contributed by atoms with van der Waals surface area (Å²) in [5.41, 5.74) is -5.31. The lowest BCUT2D eigenvalue weighted by Gasteiger charge is -2.20. The Labute approximate surface area is 309 Å². The maximum absolute atomic E-state index is 9.97. The van der Waals surface area contributed by atoms with Crippen LogP contribution in [0.3, 0.4) is 0 Å². The number of hydrogen-bond acceptors (Lipinski definition) is 1. The molecule has 1 nitrogen and oxygen atoms in total. The molecular formula is C46H28O. The minimum absolute atomic E-state index is 0.472. The van der Waals surface area contributed by atoms with E-state index in [0.717, 1.165) is 6.07 Å². The Hall–Kier alpha value is -6.18. The van der Waals surface area contributed by atoms with E-state index in [1.807, 2.05) is 0 Å². The zero-order valence-corrected chi connectivity index (χ0v) is 23.5. The van der Waals surface area contributed by atoms with Gasteiger partial charge in [-0.05, 0) is 107 Å². The highest BCUT2D eigenvalue weighted by Crippen LogP contribution is 2.48. The van der Waals surface area contributed by atoms with E-state index in [1.165, 1.54) is 0 Å². The first-order valence-corrected chi connectivity index (χ1v) is 14.0. The van der Waals surface area contributed by atoms with Crippen LogP contribution in [0.1, 0.15) is 37.0 Å². The van der Waals surface area contributed by atoms with Crippen LogP contribution < -0.4 is 0 Å². The molecule has 0 aliphatic carbocycles. The highest BCUT2D eigenvalue weighted by molar-refractivity contribution is 6.27. The highest BCUT2D eigenvalue weighted by Gasteiger charge is 2.21. The zero-order valence-electron chi connectivity index (χ0n) is 50.5. The summed E-state index contributed by atoms with van der Waals surface area (Å²) in [6.45, 7) is 0. The average molecular weight is 624 g/mol. The summed E-state index contributed by atoms with van der Waals surface area (Å²) in [6, 6.07) is -23.1. The van der Waals surface area contributed by atoms with Gasteiger partial charge < -0.3 is 4.42 Å². The van der Waals surface area contributed by atoms with Gasteiger partial charge in [-0.3, -0.25) is 0 Å². The Bertz CT molecular complexity index is 4280. The fourth-order valence-electron chi connectivity index (χ4n) is 5.94. The highest BCUT2D eigenvalue weighted by atomic mass is 16.3. The van der Waals surface area contributed by atoms with Gasteiger partial charge in [0.25, 0.3) is 0 Å². The molecule has 0 fully saturated rings. The first-order chi connectivity index (χ1) is 34.6. The number of hydrogen-bond donors (Lipinski definition) is 0. The van der Waals surface area contributed by atoms with E-state index < -0.39 is 262 Å². The third kappa shape index (κ3) is 3.97. The molecule has 0 radical (unpaired) electrons. The fraction of sp³-hybridized carbons (Fsp3) is 0. The molecule has 0 amide bonds. The second-order valence-electron chi connectivity index (χ2n) is 10.4. The van der Waals surface area contributed by atoms with Gasteiger partial charge in [0.05, 0.1) is 37.0 Å². The molecule has 0 saturated heterocycles. The Morgan fingerprint density at radius 3 is 1.60 bits per heavy atom. The van der Waals surface area contributed by atoms with Crippen molar-refractivity contribution in [2.45, 2.75) is 0 Å². The topological polar surface area (TPSA) is 13.1 Å². The molecule has 0 spiro atoms. The van der Waals surface area contributed by atoms with Crippen LogP contribution in [-0.2, 0) is 0 Å². The van der Waals surface area contributed by atoms with Gasteiger partial charge in [0, 0.05) is 10.8 Å². The average Bonchev–Trinajstić information content (AvgIpc) is 3.78. The summed E-state index contributed by atoms with van der Waals surface area (Å²) in [5, 5.41) is -6.03. The Balaban J connectivity index is 1.59. The second kappa shape index (κ2) is 10.2. The maximum Gasteiger partial charge on any atom is 0.136 e. The van der Waals surface area contributed by atoms with Crippen molar-refractivity contribution in [1.29, 1.82) is 0 Å². The van der Waals surface area contributed by atoms with Crippen molar-refractivity contribution in [2.24, 2.45) is 0 Å². The molecule has 0 aliphatic rings. The van der Waals surface area contributed by atoms with Crippen LogP contribution in [0.2, 0.25) is 0 Å². The van der Waals surface area contributed by atoms with E-state index in [0.29, 0.717) is 0 Å². The van der Waals surface area contributed by atoms with Gasteiger partial charge in [-0.2, -0.15) is 0 Å². The van der Waals surface area contributed by atoms with Crippen LogP contribution in [0.4, 0.5) is 0 Å². The van der Waals surface area contributed by atoms with E-state index in [9.17, 15) is 12.3 Å². The van der Waals surface area contributed by atoms with E-state index in [-0.39, 0.29) is 0 Å². The summed E-state index contributed by atoms with van der Waals surface area (Å²) in [5.74, 6) is 0. The molecule has 1 heterocycles. The van der Waals surface area contributed by atoms with Gasteiger partial charge in [0.2, 0.25) is 0 Å². The monoisotopic (exact) mass is 623 g/mol. The Kier molecular flexibility index (Phi) is 2.37. The molecule has 10 rings (SSSR count). The molecule has 0 saturated carbocycles. The van der Waals surface area contributed by atoms with Crippen molar-refractivity contribution in [3.63, 3.8) is 0 Å². The Morgan fingerprint density at radius 2 is 0.915 bits per heavy atom. The van der Waals surface area contributed by atoms with Gasteiger partial charge in [-0.25, -0.2) is 0 Å². The second-order valence-corrected chi connectivity index (χ2v) is 10.4. The third-order valence-electron chi connectivity index (χ3n) is 7.86. The summed E-state index contributed by atoms with van der Waals surface area (Å²) < 4.78 is 250. The molecule has 9 aromatic carbocycles.